The third kappa shape index (κ3) is 1.96. The Morgan fingerprint density at radius 3 is 2.67 bits per heavy atom. The average molecular weight is 254 g/mol. The molecule has 0 aromatic carbocycles. The molecule has 2 fully saturated rings. The lowest BCUT2D eigenvalue weighted by atomic mass is 9.57. The van der Waals surface area contributed by atoms with Crippen molar-refractivity contribution < 1.29 is 8.78 Å². The highest BCUT2D eigenvalue weighted by atomic mass is 19.3. The predicted molar refractivity (Wildman–Crippen MR) is 63.8 cm³/mol. The Kier molecular flexibility index (Phi) is 2.73. The lowest BCUT2D eigenvalue weighted by Gasteiger charge is -2.54. The number of H-pyrrole nitrogens is 1. The first-order valence-electron chi connectivity index (χ1n) is 6.28. The molecule has 1 aromatic heterocycles. The smallest absolute Gasteiger partial charge is 0.269 e. The Hall–Kier alpha value is -1.23. The Labute approximate surface area is 104 Å². The summed E-state index contributed by atoms with van der Waals surface area (Å²) >= 11 is 0. The van der Waals surface area contributed by atoms with Crippen molar-refractivity contribution >= 4 is 0 Å². The molecule has 2 N–H and O–H groups in total. The molecular weight excluding hydrogens is 238 g/mol. The van der Waals surface area contributed by atoms with Crippen molar-refractivity contribution in [2.24, 2.45) is 11.3 Å². The molecule has 2 heterocycles. The Balaban J connectivity index is 1.66. The van der Waals surface area contributed by atoms with Gasteiger partial charge in [-0.3, -0.25) is 4.79 Å². The molecule has 3 nitrogen and oxygen atoms in total. The summed E-state index contributed by atoms with van der Waals surface area (Å²) in [4.78, 5) is 13.6. The number of aromatic nitrogens is 1. The van der Waals surface area contributed by atoms with Gasteiger partial charge in [0.25, 0.3) is 12.0 Å². The van der Waals surface area contributed by atoms with Gasteiger partial charge in [0.05, 0.1) is 5.56 Å². The van der Waals surface area contributed by atoms with Crippen molar-refractivity contribution in [1.29, 1.82) is 0 Å². The Morgan fingerprint density at radius 1 is 1.39 bits per heavy atom. The van der Waals surface area contributed by atoms with Crippen molar-refractivity contribution in [3.05, 3.63) is 33.7 Å². The van der Waals surface area contributed by atoms with Crippen LogP contribution in [0.3, 0.4) is 0 Å². The summed E-state index contributed by atoms with van der Waals surface area (Å²) in [7, 11) is 0. The molecule has 1 spiro atoms. The van der Waals surface area contributed by atoms with Gasteiger partial charge in [-0.25, -0.2) is 8.78 Å². The molecule has 18 heavy (non-hydrogen) atoms. The van der Waals surface area contributed by atoms with E-state index in [2.05, 4.69) is 10.3 Å². The predicted octanol–water partition coefficient (Wildman–Crippen LogP) is 1.85. The first kappa shape index (κ1) is 11.8. The minimum atomic E-state index is -2.70. The highest BCUT2D eigenvalue weighted by Crippen LogP contribution is 2.49. The van der Waals surface area contributed by atoms with Crippen molar-refractivity contribution in [2.45, 2.75) is 25.7 Å². The monoisotopic (exact) mass is 254 g/mol. The Bertz CT molecular complexity index is 500. The molecule has 0 amide bonds. The summed E-state index contributed by atoms with van der Waals surface area (Å²) in [6, 6.07) is 1.35. The zero-order valence-corrected chi connectivity index (χ0v) is 10.0. The first-order valence-corrected chi connectivity index (χ1v) is 6.28. The summed E-state index contributed by atoms with van der Waals surface area (Å²) in [5.74, 6) is 0.573. The maximum Gasteiger partial charge on any atom is 0.269 e. The highest BCUT2D eigenvalue weighted by molar-refractivity contribution is 5.21. The van der Waals surface area contributed by atoms with Crippen LogP contribution in [-0.4, -0.2) is 18.1 Å². The van der Waals surface area contributed by atoms with Crippen LogP contribution in [0.5, 0.6) is 0 Å². The van der Waals surface area contributed by atoms with E-state index in [4.69, 9.17) is 0 Å². The lowest BCUT2D eigenvalue weighted by Crippen LogP contribution is -2.60. The van der Waals surface area contributed by atoms with Crippen molar-refractivity contribution in [3.8, 4) is 0 Å². The number of halogens is 2. The third-order valence-electron chi connectivity index (χ3n) is 4.19. The summed E-state index contributed by atoms with van der Waals surface area (Å²) in [5.41, 5.74) is 0.226. The molecular formula is C13H16F2N2O. The third-order valence-corrected chi connectivity index (χ3v) is 4.19. The minimum Gasteiger partial charge on any atom is -0.328 e. The van der Waals surface area contributed by atoms with Crippen LogP contribution >= 0.6 is 0 Å². The van der Waals surface area contributed by atoms with E-state index in [1.54, 1.807) is 6.20 Å². The summed E-state index contributed by atoms with van der Waals surface area (Å²) in [5, 5.41) is 3.27. The second kappa shape index (κ2) is 4.16. The maximum atomic E-state index is 12.6. The van der Waals surface area contributed by atoms with Crippen LogP contribution in [0.15, 0.2) is 17.1 Å². The fraction of sp³-hybridized carbons (Fsp3) is 0.615. The quantitative estimate of drug-likeness (QED) is 0.864. The summed E-state index contributed by atoms with van der Waals surface area (Å²) < 4.78 is 25.2. The molecule has 1 aliphatic carbocycles. The summed E-state index contributed by atoms with van der Waals surface area (Å²) in [6.07, 6.45) is 2.00. The SMILES string of the molecule is O=c1[nH]cc(CC2CC3(CNC3)C2)cc1C(F)F. The van der Waals surface area contributed by atoms with Gasteiger partial charge < -0.3 is 10.3 Å². The largest absolute Gasteiger partial charge is 0.328 e. The molecule has 1 saturated heterocycles. The zero-order valence-electron chi connectivity index (χ0n) is 10.0. The molecule has 2 aliphatic rings. The van der Waals surface area contributed by atoms with Crippen LogP contribution in [0.4, 0.5) is 8.78 Å². The van der Waals surface area contributed by atoms with E-state index >= 15 is 0 Å². The molecule has 0 unspecified atom stereocenters. The van der Waals surface area contributed by atoms with Gasteiger partial charge in [0.2, 0.25) is 0 Å². The van der Waals surface area contributed by atoms with Crippen LogP contribution in [0, 0.1) is 11.3 Å². The van der Waals surface area contributed by atoms with E-state index in [9.17, 15) is 13.6 Å². The van der Waals surface area contributed by atoms with E-state index in [0.717, 1.165) is 25.1 Å². The number of nitrogens with one attached hydrogen (secondary N) is 2. The number of hydrogen-bond donors (Lipinski definition) is 2. The molecule has 5 heteroatoms. The van der Waals surface area contributed by atoms with Gasteiger partial charge >= 0.3 is 0 Å². The van der Waals surface area contributed by atoms with Crippen LogP contribution in [0.2, 0.25) is 0 Å². The minimum absolute atomic E-state index is 0.410. The second-order valence-electron chi connectivity index (χ2n) is 5.68. The van der Waals surface area contributed by atoms with E-state index in [-0.39, 0.29) is 0 Å². The fourth-order valence-corrected chi connectivity index (χ4v) is 3.24. The molecule has 1 aliphatic heterocycles. The van der Waals surface area contributed by atoms with Crippen LogP contribution < -0.4 is 10.9 Å². The van der Waals surface area contributed by atoms with E-state index in [1.165, 1.54) is 18.9 Å². The van der Waals surface area contributed by atoms with Gasteiger partial charge in [-0.1, -0.05) is 0 Å². The number of rotatable bonds is 3. The van der Waals surface area contributed by atoms with E-state index in [0.29, 0.717) is 11.3 Å². The number of pyridine rings is 1. The zero-order chi connectivity index (χ0) is 12.8. The topological polar surface area (TPSA) is 44.9 Å². The fourth-order valence-electron chi connectivity index (χ4n) is 3.24. The number of aromatic amines is 1. The maximum absolute atomic E-state index is 12.6. The van der Waals surface area contributed by atoms with Gasteiger partial charge in [-0.15, -0.1) is 0 Å². The van der Waals surface area contributed by atoms with Gasteiger partial charge in [0.15, 0.2) is 0 Å². The normalized spacial score (nSPS) is 21.9. The molecule has 1 saturated carbocycles. The lowest BCUT2D eigenvalue weighted by molar-refractivity contribution is 0.000819. The highest BCUT2D eigenvalue weighted by Gasteiger charge is 2.47. The first-order chi connectivity index (χ1) is 8.58. The van der Waals surface area contributed by atoms with Crippen LogP contribution in [0.1, 0.15) is 30.4 Å². The van der Waals surface area contributed by atoms with Crippen molar-refractivity contribution in [1.82, 2.24) is 10.3 Å². The van der Waals surface area contributed by atoms with Gasteiger partial charge in [-0.2, -0.15) is 0 Å². The molecule has 0 atom stereocenters. The second-order valence-corrected chi connectivity index (χ2v) is 5.68. The Morgan fingerprint density at radius 2 is 2.11 bits per heavy atom. The van der Waals surface area contributed by atoms with E-state index in [1.807, 2.05) is 0 Å². The molecule has 1 aromatic rings. The molecule has 0 bridgehead atoms. The van der Waals surface area contributed by atoms with E-state index < -0.39 is 17.5 Å². The van der Waals surface area contributed by atoms with Gasteiger partial charge in [-0.05, 0) is 42.2 Å². The van der Waals surface area contributed by atoms with Crippen LogP contribution in [0.25, 0.3) is 0 Å². The molecule has 3 rings (SSSR count). The number of hydrogen-bond acceptors (Lipinski definition) is 2. The summed E-state index contributed by atoms with van der Waals surface area (Å²) in [6.45, 7) is 2.19. The number of alkyl halides is 2. The average Bonchev–Trinajstić information content (AvgIpc) is 2.22. The molecule has 0 radical (unpaired) electrons. The van der Waals surface area contributed by atoms with Gasteiger partial charge in [0.1, 0.15) is 0 Å². The van der Waals surface area contributed by atoms with Gasteiger partial charge in [0, 0.05) is 19.3 Å². The molecule has 98 valence electrons. The standard InChI is InChI=1S/C13H16F2N2O/c14-11(15)10-2-8(5-17-12(10)18)1-9-3-13(4-9)6-16-7-13/h2,5,9,11,16H,1,3-4,6-7H2,(H,17,18). The van der Waals surface area contributed by atoms with Crippen molar-refractivity contribution in [2.75, 3.05) is 13.1 Å². The van der Waals surface area contributed by atoms with Crippen LogP contribution in [-0.2, 0) is 6.42 Å². The van der Waals surface area contributed by atoms with Crippen molar-refractivity contribution in [3.63, 3.8) is 0 Å².